The Morgan fingerprint density at radius 2 is 1.61 bits per heavy atom. The normalized spacial score (nSPS) is 14.4. The first-order valence-electron chi connectivity index (χ1n) is 10.3. The van der Waals surface area contributed by atoms with E-state index in [0.717, 1.165) is 22.3 Å². The molecule has 0 saturated heterocycles. The van der Waals surface area contributed by atoms with Crippen LogP contribution in [0.1, 0.15) is 28.8 Å². The van der Waals surface area contributed by atoms with E-state index in [2.05, 4.69) is 10.0 Å². The van der Waals surface area contributed by atoms with Gasteiger partial charge in [-0.3, -0.25) is 8.93 Å². The number of rotatable bonds is 10. The lowest BCUT2D eigenvalue weighted by atomic mass is 9.98. The van der Waals surface area contributed by atoms with Gasteiger partial charge in [0.05, 0.1) is 18.0 Å². The predicted octanol–water partition coefficient (Wildman–Crippen LogP) is 3.11. The average molecular weight is 489 g/mol. The fraction of sp³-hybridized carbons (Fsp3) is 0.250. The Morgan fingerprint density at radius 3 is 2.21 bits per heavy atom. The Kier molecular flexibility index (Phi) is 8.25. The van der Waals surface area contributed by atoms with Crippen LogP contribution in [-0.4, -0.2) is 41.9 Å². The molecule has 0 saturated carbocycles. The van der Waals surface area contributed by atoms with Gasteiger partial charge in [0.2, 0.25) is 10.0 Å². The SMILES string of the molecule is CS(=O)c1ccc(C(Cc2ccccc2)NC[C@H](O)c2ccc(O)c(NS(C)(=O)=O)c2)cc1. The maximum atomic E-state index is 11.7. The van der Waals surface area contributed by atoms with Crippen molar-refractivity contribution in [3.8, 4) is 5.75 Å². The fourth-order valence-electron chi connectivity index (χ4n) is 3.46. The first kappa shape index (κ1) is 24.9. The van der Waals surface area contributed by atoms with Crippen molar-refractivity contribution in [2.45, 2.75) is 23.5 Å². The van der Waals surface area contributed by atoms with Gasteiger partial charge in [0.1, 0.15) is 5.75 Å². The lowest BCUT2D eigenvalue weighted by Crippen LogP contribution is -2.28. The summed E-state index contributed by atoms with van der Waals surface area (Å²) in [4.78, 5) is 0.743. The van der Waals surface area contributed by atoms with Gasteiger partial charge >= 0.3 is 0 Å². The topological polar surface area (TPSA) is 116 Å². The molecule has 0 aromatic heterocycles. The van der Waals surface area contributed by atoms with Gasteiger partial charge in [0.15, 0.2) is 0 Å². The van der Waals surface area contributed by atoms with Crippen LogP contribution in [0, 0.1) is 0 Å². The summed E-state index contributed by atoms with van der Waals surface area (Å²) in [5.41, 5.74) is 2.59. The van der Waals surface area contributed by atoms with Crippen LogP contribution in [0.3, 0.4) is 0 Å². The Hall–Kier alpha value is -2.72. The Labute approximate surface area is 197 Å². The van der Waals surface area contributed by atoms with Crippen molar-refractivity contribution in [1.82, 2.24) is 5.32 Å². The first-order valence-corrected chi connectivity index (χ1v) is 13.8. The number of anilines is 1. The van der Waals surface area contributed by atoms with E-state index < -0.39 is 26.9 Å². The lowest BCUT2D eigenvalue weighted by molar-refractivity contribution is 0.169. The molecular formula is C24H28N2O5S2. The highest BCUT2D eigenvalue weighted by atomic mass is 32.2. The third-order valence-electron chi connectivity index (χ3n) is 5.16. The van der Waals surface area contributed by atoms with E-state index in [1.807, 2.05) is 54.6 Å². The third-order valence-corrected chi connectivity index (χ3v) is 6.68. The summed E-state index contributed by atoms with van der Waals surface area (Å²) < 4.78 is 37.0. The maximum absolute atomic E-state index is 11.7. The molecule has 0 bridgehead atoms. The summed E-state index contributed by atoms with van der Waals surface area (Å²) >= 11 is 0. The van der Waals surface area contributed by atoms with Gasteiger partial charge in [0.25, 0.3) is 0 Å². The van der Waals surface area contributed by atoms with Crippen molar-refractivity contribution < 1.29 is 22.8 Å². The van der Waals surface area contributed by atoms with Crippen LogP contribution in [0.5, 0.6) is 5.75 Å². The quantitative estimate of drug-likeness (QED) is 0.326. The van der Waals surface area contributed by atoms with E-state index in [1.165, 1.54) is 12.1 Å². The average Bonchev–Trinajstić information content (AvgIpc) is 2.77. The number of aromatic hydroxyl groups is 1. The molecule has 0 radical (unpaired) electrons. The van der Waals surface area contributed by atoms with Gasteiger partial charge in [0, 0.05) is 34.5 Å². The Bertz CT molecular complexity index is 1200. The van der Waals surface area contributed by atoms with Crippen LogP contribution in [0.2, 0.25) is 0 Å². The number of phenols is 1. The highest BCUT2D eigenvalue weighted by Gasteiger charge is 2.17. The van der Waals surface area contributed by atoms with Gasteiger partial charge in [-0.05, 0) is 47.4 Å². The lowest BCUT2D eigenvalue weighted by Gasteiger charge is -2.22. The third kappa shape index (κ3) is 7.40. The minimum absolute atomic E-state index is 0.0121. The maximum Gasteiger partial charge on any atom is 0.229 e. The molecule has 0 spiro atoms. The molecule has 9 heteroatoms. The molecule has 0 aliphatic rings. The molecule has 4 N–H and O–H groups in total. The van der Waals surface area contributed by atoms with Crippen LogP contribution in [-0.2, 0) is 27.2 Å². The summed E-state index contributed by atoms with van der Waals surface area (Å²) in [7, 11) is -4.64. The minimum atomic E-state index is -3.58. The first-order chi connectivity index (χ1) is 15.6. The molecule has 0 aliphatic heterocycles. The summed E-state index contributed by atoms with van der Waals surface area (Å²) in [5, 5.41) is 24.1. The summed E-state index contributed by atoms with van der Waals surface area (Å²) in [5.74, 6) is -0.223. The van der Waals surface area contributed by atoms with E-state index in [0.29, 0.717) is 12.0 Å². The van der Waals surface area contributed by atoms with E-state index in [9.17, 15) is 22.8 Å². The zero-order valence-corrected chi connectivity index (χ0v) is 20.1. The van der Waals surface area contributed by atoms with E-state index in [4.69, 9.17) is 0 Å². The largest absolute Gasteiger partial charge is 0.506 e. The predicted molar refractivity (Wildman–Crippen MR) is 131 cm³/mol. The molecule has 0 amide bonds. The molecule has 3 atom stereocenters. The highest BCUT2D eigenvalue weighted by Crippen LogP contribution is 2.28. The van der Waals surface area contributed by atoms with Crippen molar-refractivity contribution in [3.63, 3.8) is 0 Å². The Balaban J connectivity index is 1.78. The van der Waals surface area contributed by atoms with Gasteiger partial charge in [-0.15, -0.1) is 0 Å². The molecule has 3 aromatic carbocycles. The number of aliphatic hydroxyl groups excluding tert-OH is 1. The highest BCUT2D eigenvalue weighted by molar-refractivity contribution is 7.92. The summed E-state index contributed by atoms with van der Waals surface area (Å²) in [6.45, 7) is 0.196. The van der Waals surface area contributed by atoms with Crippen molar-refractivity contribution in [2.24, 2.45) is 0 Å². The summed E-state index contributed by atoms with van der Waals surface area (Å²) in [6.07, 6.45) is 2.37. The van der Waals surface area contributed by atoms with Gasteiger partial charge in [-0.2, -0.15) is 0 Å². The molecular weight excluding hydrogens is 460 g/mol. The smallest absolute Gasteiger partial charge is 0.229 e. The van der Waals surface area contributed by atoms with Crippen LogP contribution >= 0.6 is 0 Å². The van der Waals surface area contributed by atoms with E-state index >= 15 is 0 Å². The number of hydrogen-bond donors (Lipinski definition) is 4. The number of benzene rings is 3. The summed E-state index contributed by atoms with van der Waals surface area (Å²) in [6, 6.07) is 21.7. The fourth-order valence-corrected chi connectivity index (χ4v) is 4.55. The van der Waals surface area contributed by atoms with Crippen molar-refractivity contribution in [2.75, 3.05) is 23.8 Å². The second-order valence-corrected chi connectivity index (χ2v) is 11.0. The molecule has 7 nitrogen and oxygen atoms in total. The van der Waals surface area contributed by atoms with Crippen molar-refractivity contribution >= 4 is 26.5 Å². The number of aliphatic hydroxyl groups is 1. The van der Waals surface area contributed by atoms with Crippen molar-refractivity contribution in [3.05, 3.63) is 89.5 Å². The molecule has 0 heterocycles. The molecule has 3 rings (SSSR count). The molecule has 176 valence electrons. The van der Waals surface area contributed by atoms with E-state index in [-0.39, 0.29) is 24.0 Å². The molecule has 0 aliphatic carbocycles. The molecule has 33 heavy (non-hydrogen) atoms. The van der Waals surface area contributed by atoms with Gasteiger partial charge in [-0.1, -0.05) is 48.5 Å². The number of hydrogen-bond acceptors (Lipinski definition) is 6. The number of nitrogens with one attached hydrogen (secondary N) is 2. The second kappa shape index (κ2) is 10.9. The van der Waals surface area contributed by atoms with Crippen LogP contribution in [0.15, 0.2) is 77.7 Å². The van der Waals surface area contributed by atoms with Crippen LogP contribution in [0.25, 0.3) is 0 Å². The number of phenolic OH excluding ortho intramolecular Hbond substituents is 1. The molecule has 0 fully saturated rings. The molecule has 3 aromatic rings. The second-order valence-electron chi connectivity index (χ2n) is 7.84. The Morgan fingerprint density at radius 1 is 0.970 bits per heavy atom. The van der Waals surface area contributed by atoms with E-state index in [1.54, 1.807) is 12.3 Å². The van der Waals surface area contributed by atoms with Gasteiger partial charge in [-0.25, -0.2) is 8.42 Å². The zero-order valence-electron chi connectivity index (χ0n) is 18.4. The van der Waals surface area contributed by atoms with Crippen LogP contribution in [0.4, 0.5) is 5.69 Å². The number of sulfonamides is 1. The van der Waals surface area contributed by atoms with Crippen LogP contribution < -0.4 is 10.0 Å². The standard InChI is InChI=1S/C24H28N2O5S2/c1-32(29)20-11-8-18(9-12-20)21(14-17-6-4-3-5-7-17)25-16-24(28)19-10-13-23(27)22(15-19)26-33(2,30)31/h3-13,15,21,24-28H,14,16H2,1-2H3/t21?,24-,32?/m0/s1. The van der Waals surface area contributed by atoms with Gasteiger partial charge < -0.3 is 15.5 Å². The monoisotopic (exact) mass is 488 g/mol. The van der Waals surface area contributed by atoms with Crippen molar-refractivity contribution in [1.29, 1.82) is 0 Å². The minimum Gasteiger partial charge on any atom is -0.506 e. The molecule has 2 unspecified atom stereocenters. The zero-order chi connectivity index (χ0) is 24.0.